The molecule has 3 aromatic rings. The Morgan fingerprint density at radius 3 is 2.89 bits per heavy atom. The van der Waals surface area contributed by atoms with Crippen molar-refractivity contribution in [3.8, 4) is 0 Å². The number of rotatable bonds is 2. The topological polar surface area (TPSA) is 86.5 Å². The Labute approximate surface area is 102 Å². The summed E-state index contributed by atoms with van der Waals surface area (Å²) in [6, 6.07) is 7.61. The standard InChI is InChI=1S/C12H11N5O/c1-7-9(6-13-15-7)12(18)14-11-8-4-2-3-5-10(8)16-17-11/h2-6H,1H3,(H,13,15)(H2,14,16,17,18). The van der Waals surface area contributed by atoms with Crippen molar-refractivity contribution in [2.75, 3.05) is 5.32 Å². The molecule has 18 heavy (non-hydrogen) atoms. The second kappa shape index (κ2) is 3.99. The Bertz CT molecular complexity index is 712. The van der Waals surface area contributed by atoms with Crippen LogP contribution < -0.4 is 5.32 Å². The predicted octanol–water partition coefficient (Wildman–Crippen LogP) is 1.85. The van der Waals surface area contributed by atoms with E-state index in [4.69, 9.17) is 0 Å². The van der Waals surface area contributed by atoms with Crippen LogP contribution in [0.25, 0.3) is 10.9 Å². The molecule has 0 spiro atoms. The number of aryl methyl sites for hydroxylation is 1. The van der Waals surface area contributed by atoms with E-state index in [0.29, 0.717) is 11.4 Å². The van der Waals surface area contributed by atoms with Crippen LogP contribution in [0.2, 0.25) is 0 Å². The van der Waals surface area contributed by atoms with Crippen LogP contribution in [-0.4, -0.2) is 26.3 Å². The SMILES string of the molecule is Cc1[nH]ncc1C(=O)Nc1n[nH]c2ccccc12. The molecule has 0 saturated heterocycles. The van der Waals surface area contributed by atoms with Gasteiger partial charge in [-0.25, -0.2) is 0 Å². The van der Waals surface area contributed by atoms with Gasteiger partial charge in [-0.15, -0.1) is 0 Å². The maximum absolute atomic E-state index is 12.0. The second-order valence-electron chi connectivity index (χ2n) is 3.98. The van der Waals surface area contributed by atoms with Crippen LogP contribution in [0.5, 0.6) is 0 Å². The Morgan fingerprint density at radius 1 is 1.28 bits per heavy atom. The summed E-state index contributed by atoms with van der Waals surface area (Å²) in [5, 5.41) is 17.1. The smallest absolute Gasteiger partial charge is 0.260 e. The first-order valence-corrected chi connectivity index (χ1v) is 5.50. The van der Waals surface area contributed by atoms with Crippen molar-refractivity contribution >= 4 is 22.6 Å². The van der Waals surface area contributed by atoms with Gasteiger partial charge in [0.05, 0.1) is 17.3 Å². The molecule has 1 aromatic carbocycles. The summed E-state index contributed by atoms with van der Waals surface area (Å²) in [6.07, 6.45) is 1.50. The number of para-hydroxylation sites is 1. The molecule has 0 aliphatic heterocycles. The zero-order valence-corrected chi connectivity index (χ0v) is 9.69. The molecule has 3 N–H and O–H groups in total. The molecule has 0 bridgehead atoms. The minimum Gasteiger partial charge on any atom is -0.304 e. The van der Waals surface area contributed by atoms with Gasteiger partial charge in [-0.2, -0.15) is 10.2 Å². The maximum Gasteiger partial charge on any atom is 0.260 e. The van der Waals surface area contributed by atoms with Crippen molar-refractivity contribution in [2.24, 2.45) is 0 Å². The quantitative estimate of drug-likeness (QED) is 0.639. The van der Waals surface area contributed by atoms with E-state index < -0.39 is 0 Å². The summed E-state index contributed by atoms with van der Waals surface area (Å²) in [6.45, 7) is 1.80. The van der Waals surface area contributed by atoms with Gasteiger partial charge in [-0.1, -0.05) is 12.1 Å². The summed E-state index contributed by atoms with van der Waals surface area (Å²) in [5.41, 5.74) is 2.13. The van der Waals surface area contributed by atoms with Crippen LogP contribution in [0.4, 0.5) is 5.82 Å². The van der Waals surface area contributed by atoms with E-state index in [2.05, 4.69) is 25.7 Å². The maximum atomic E-state index is 12.0. The molecule has 2 heterocycles. The molecule has 0 unspecified atom stereocenters. The fourth-order valence-electron chi connectivity index (χ4n) is 1.81. The first kappa shape index (κ1) is 10.5. The van der Waals surface area contributed by atoms with Gasteiger partial charge in [0.15, 0.2) is 5.82 Å². The minimum atomic E-state index is -0.224. The van der Waals surface area contributed by atoms with Crippen molar-refractivity contribution in [1.29, 1.82) is 0 Å². The largest absolute Gasteiger partial charge is 0.304 e. The van der Waals surface area contributed by atoms with Crippen molar-refractivity contribution in [3.63, 3.8) is 0 Å². The third kappa shape index (κ3) is 1.64. The number of H-pyrrole nitrogens is 2. The van der Waals surface area contributed by atoms with Gasteiger partial charge in [0.1, 0.15) is 0 Å². The third-order valence-electron chi connectivity index (χ3n) is 2.78. The molecule has 6 heteroatoms. The zero-order valence-electron chi connectivity index (χ0n) is 9.69. The van der Waals surface area contributed by atoms with Crippen molar-refractivity contribution in [1.82, 2.24) is 20.4 Å². The third-order valence-corrected chi connectivity index (χ3v) is 2.78. The van der Waals surface area contributed by atoms with Gasteiger partial charge in [0, 0.05) is 11.1 Å². The number of hydrogen-bond acceptors (Lipinski definition) is 3. The van der Waals surface area contributed by atoms with Gasteiger partial charge in [0.2, 0.25) is 0 Å². The summed E-state index contributed by atoms with van der Waals surface area (Å²) in [5.74, 6) is 0.301. The summed E-state index contributed by atoms with van der Waals surface area (Å²) in [7, 11) is 0. The van der Waals surface area contributed by atoms with Crippen molar-refractivity contribution < 1.29 is 4.79 Å². The van der Waals surface area contributed by atoms with E-state index in [0.717, 1.165) is 16.6 Å². The molecule has 0 saturated carbocycles. The van der Waals surface area contributed by atoms with Crippen LogP contribution in [0.15, 0.2) is 30.5 Å². The van der Waals surface area contributed by atoms with Gasteiger partial charge >= 0.3 is 0 Å². The van der Waals surface area contributed by atoms with Crippen LogP contribution in [-0.2, 0) is 0 Å². The average molecular weight is 241 g/mol. The number of aromatic nitrogens is 4. The van der Waals surface area contributed by atoms with Crippen molar-refractivity contribution in [2.45, 2.75) is 6.92 Å². The van der Waals surface area contributed by atoms with Gasteiger partial charge in [0.25, 0.3) is 5.91 Å². The lowest BCUT2D eigenvalue weighted by molar-refractivity contribution is 0.102. The van der Waals surface area contributed by atoms with Crippen LogP contribution in [0.1, 0.15) is 16.1 Å². The number of fused-ring (bicyclic) bond motifs is 1. The van der Waals surface area contributed by atoms with E-state index in [1.807, 2.05) is 24.3 Å². The number of benzene rings is 1. The van der Waals surface area contributed by atoms with Crippen LogP contribution >= 0.6 is 0 Å². The van der Waals surface area contributed by atoms with Crippen molar-refractivity contribution in [3.05, 3.63) is 41.7 Å². The summed E-state index contributed by atoms with van der Waals surface area (Å²) in [4.78, 5) is 12.0. The monoisotopic (exact) mass is 241 g/mol. The number of amides is 1. The number of nitrogens with zero attached hydrogens (tertiary/aromatic N) is 2. The fourth-order valence-corrected chi connectivity index (χ4v) is 1.81. The number of hydrogen-bond donors (Lipinski definition) is 3. The lowest BCUT2D eigenvalue weighted by Gasteiger charge is -2.00. The summed E-state index contributed by atoms with van der Waals surface area (Å²) < 4.78 is 0. The van der Waals surface area contributed by atoms with E-state index in [9.17, 15) is 4.79 Å². The second-order valence-corrected chi connectivity index (χ2v) is 3.98. The lowest BCUT2D eigenvalue weighted by Crippen LogP contribution is -2.12. The summed E-state index contributed by atoms with van der Waals surface area (Å²) >= 11 is 0. The highest BCUT2D eigenvalue weighted by atomic mass is 16.1. The minimum absolute atomic E-state index is 0.224. The Balaban J connectivity index is 1.93. The number of carbonyl (C=O) groups excluding carboxylic acids is 1. The first-order chi connectivity index (χ1) is 8.75. The average Bonchev–Trinajstić information content (AvgIpc) is 2.97. The van der Waals surface area contributed by atoms with Crippen LogP contribution in [0.3, 0.4) is 0 Å². The normalized spacial score (nSPS) is 10.7. The van der Waals surface area contributed by atoms with Crippen LogP contribution in [0, 0.1) is 6.92 Å². The molecular formula is C12H11N5O. The highest BCUT2D eigenvalue weighted by molar-refractivity contribution is 6.08. The predicted molar refractivity (Wildman–Crippen MR) is 67.4 cm³/mol. The molecule has 2 aromatic heterocycles. The zero-order chi connectivity index (χ0) is 12.5. The highest BCUT2D eigenvalue weighted by Crippen LogP contribution is 2.20. The lowest BCUT2D eigenvalue weighted by atomic mass is 10.2. The Kier molecular flexibility index (Phi) is 2.33. The molecular weight excluding hydrogens is 230 g/mol. The molecule has 0 radical (unpaired) electrons. The molecule has 6 nitrogen and oxygen atoms in total. The van der Waals surface area contributed by atoms with E-state index >= 15 is 0 Å². The molecule has 0 aliphatic carbocycles. The molecule has 0 atom stereocenters. The van der Waals surface area contributed by atoms with Gasteiger partial charge in [-0.3, -0.25) is 15.0 Å². The molecule has 0 fully saturated rings. The van der Waals surface area contributed by atoms with Gasteiger partial charge < -0.3 is 5.32 Å². The van der Waals surface area contributed by atoms with E-state index in [-0.39, 0.29) is 5.91 Å². The Hall–Kier alpha value is -2.63. The van der Waals surface area contributed by atoms with E-state index in [1.165, 1.54) is 6.20 Å². The number of nitrogens with one attached hydrogen (secondary N) is 3. The molecule has 3 rings (SSSR count). The number of aromatic amines is 2. The van der Waals surface area contributed by atoms with E-state index in [1.54, 1.807) is 6.92 Å². The fraction of sp³-hybridized carbons (Fsp3) is 0.0833. The molecule has 0 aliphatic rings. The molecule has 90 valence electrons. The highest BCUT2D eigenvalue weighted by Gasteiger charge is 2.13. The van der Waals surface area contributed by atoms with Gasteiger partial charge in [-0.05, 0) is 19.1 Å². The first-order valence-electron chi connectivity index (χ1n) is 5.50. The molecule has 1 amide bonds. The Morgan fingerprint density at radius 2 is 2.11 bits per heavy atom. The number of anilines is 1. The number of carbonyl (C=O) groups is 1.